The van der Waals surface area contributed by atoms with Crippen LogP contribution < -0.4 is 0 Å². The summed E-state index contributed by atoms with van der Waals surface area (Å²) < 4.78 is 10.9. The van der Waals surface area contributed by atoms with Gasteiger partial charge in [-0.1, -0.05) is 12.8 Å². The van der Waals surface area contributed by atoms with Gasteiger partial charge in [0.05, 0.1) is 0 Å². The van der Waals surface area contributed by atoms with E-state index in [-0.39, 0.29) is 0 Å². The summed E-state index contributed by atoms with van der Waals surface area (Å²) in [5.74, 6) is 0.847. The Morgan fingerprint density at radius 3 is 2.25 bits per heavy atom. The van der Waals surface area contributed by atoms with Crippen LogP contribution in [-0.2, 0) is 10.8 Å². The predicted molar refractivity (Wildman–Crippen MR) is 53.8 cm³/mol. The molecule has 72 valence electrons. The first-order chi connectivity index (χ1) is 5.79. The van der Waals surface area contributed by atoms with Crippen molar-refractivity contribution in [2.75, 3.05) is 31.6 Å². The molecule has 3 heteroatoms. The van der Waals surface area contributed by atoms with E-state index >= 15 is 0 Å². The summed E-state index contributed by atoms with van der Waals surface area (Å²) in [6, 6.07) is 0. The van der Waals surface area contributed by atoms with Gasteiger partial charge >= 0.3 is 0 Å². The summed E-state index contributed by atoms with van der Waals surface area (Å²) in [4.78, 5) is 2.45. The molecule has 0 bridgehead atoms. The number of nitrogens with zero attached hydrogens (tertiary/aromatic N) is 1. The van der Waals surface area contributed by atoms with E-state index in [0.29, 0.717) is 0 Å². The highest BCUT2D eigenvalue weighted by atomic mass is 32.2. The Morgan fingerprint density at radius 2 is 1.75 bits per heavy atom. The SMILES string of the molecule is CS(=O)CCN1CCCCCC1. The van der Waals surface area contributed by atoms with Gasteiger partial charge in [0, 0.05) is 29.4 Å². The minimum Gasteiger partial charge on any atom is -0.302 e. The van der Waals surface area contributed by atoms with Gasteiger partial charge in [0.15, 0.2) is 0 Å². The van der Waals surface area contributed by atoms with Gasteiger partial charge in [-0.2, -0.15) is 0 Å². The van der Waals surface area contributed by atoms with Gasteiger partial charge in [0.2, 0.25) is 0 Å². The van der Waals surface area contributed by atoms with Crippen LogP contribution in [0.3, 0.4) is 0 Å². The fourth-order valence-electron chi connectivity index (χ4n) is 1.62. The Bertz CT molecular complexity index is 141. The van der Waals surface area contributed by atoms with Crippen LogP contribution in [0.15, 0.2) is 0 Å². The zero-order valence-corrected chi connectivity index (χ0v) is 8.74. The fraction of sp³-hybridized carbons (Fsp3) is 1.00. The Morgan fingerprint density at radius 1 is 1.17 bits per heavy atom. The second-order valence-corrected chi connectivity index (χ2v) is 5.09. The molecule has 2 nitrogen and oxygen atoms in total. The summed E-state index contributed by atoms with van der Waals surface area (Å²) >= 11 is 0. The first kappa shape index (κ1) is 10.2. The normalized spacial score (nSPS) is 23.4. The maximum Gasteiger partial charge on any atom is 0.0359 e. The van der Waals surface area contributed by atoms with Crippen LogP contribution in [0.5, 0.6) is 0 Å². The lowest BCUT2D eigenvalue weighted by molar-refractivity contribution is 0.302. The molecule has 0 N–H and O–H groups in total. The van der Waals surface area contributed by atoms with Crippen LogP contribution in [0, 0.1) is 0 Å². The summed E-state index contributed by atoms with van der Waals surface area (Å²) in [7, 11) is -0.615. The van der Waals surface area contributed by atoms with Crippen molar-refractivity contribution in [3.8, 4) is 0 Å². The van der Waals surface area contributed by atoms with E-state index in [1.807, 2.05) is 0 Å². The van der Waals surface area contributed by atoms with E-state index < -0.39 is 10.8 Å². The van der Waals surface area contributed by atoms with Gasteiger partial charge < -0.3 is 4.90 Å². The second-order valence-electron chi connectivity index (χ2n) is 3.53. The van der Waals surface area contributed by atoms with Crippen molar-refractivity contribution in [2.45, 2.75) is 25.7 Å². The zero-order valence-electron chi connectivity index (χ0n) is 7.92. The summed E-state index contributed by atoms with van der Waals surface area (Å²) in [5, 5.41) is 0. The number of likely N-dealkylation sites (tertiary alicyclic amines) is 1. The van der Waals surface area contributed by atoms with Crippen LogP contribution >= 0.6 is 0 Å². The second kappa shape index (κ2) is 5.70. The molecule has 0 aliphatic carbocycles. The van der Waals surface area contributed by atoms with Crippen molar-refractivity contribution in [1.29, 1.82) is 0 Å². The van der Waals surface area contributed by atoms with Crippen LogP contribution in [0.4, 0.5) is 0 Å². The highest BCUT2D eigenvalue weighted by Crippen LogP contribution is 2.08. The van der Waals surface area contributed by atoms with Crippen LogP contribution in [-0.4, -0.2) is 40.8 Å². The minimum absolute atomic E-state index is 0.615. The highest BCUT2D eigenvalue weighted by Gasteiger charge is 2.08. The number of rotatable bonds is 3. The van der Waals surface area contributed by atoms with Crippen LogP contribution in [0.25, 0.3) is 0 Å². The van der Waals surface area contributed by atoms with Crippen molar-refractivity contribution in [3.05, 3.63) is 0 Å². The molecule has 0 aromatic rings. The molecule has 1 atom stereocenters. The number of hydrogen-bond acceptors (Lipinski definition) is 2. The molecular formula is C9H19NOS. The lowest BCUT2D eigenvalue weighted by Crippen LogP contribution is -2.28. The van der Waals surface area contributed by atoms with E-state index in [0.717, 1.165) is 12.3 Å². The van der Waals surface area contributed by atoms with E-state index in [9.17, 15) is 4.21 Å². The van der Waals surface area contributed by atoms with Crippen LogP contribution in [0.1, 0.15) is 25.7 Å². The van der Waals surface area contributed by atoms with Gasteiger partial charge in [0.1, 0.15) is 0 Å². The quantitative estimate of drug-likeness (QED) is 0.666. The molecule has 0 spiro atoms. The monoisotopic (exact) mass is 189 g/mol. The van der Waals surface area contributed by atoms with Crippen molar-refractivity contribution >= 4 is 10.8 Å². The highest BCUT2D eigenvalue weighted by molar-refractivity contribution is 7.84. The van der Waals surface area contributed by atoms with Crippen LogP contribution in [0.2, 0.25) is 0 Å². The van der Waals surface area contributed by atoms with Gasteiger partial charge in [0.25, 0.3) is 0 Å². The van der Waals surface area contributed by atoms with Crippen molar-refractivity contribution in [1.82, 2.24) is 4.90 Å². The standard InChI is InChI=1S/C9H19NOS/c1-12(11)9-8-10-6-4-2-3-5-7-10/h2-9H2,1H3. The molecule has 1 heterocycles. The number of hydrogen-bond donors (Lipinski definition) is 0. The predicted octanol–water partition coefficient (Wildman–Crippen LogP) is 1.24. The topological polar surface area (TPSA) is 20.3 Å². The van der Waals surface area contributed by atoms with Crippen molar-refractivity contribution < 1.29 is 4.21 Å². The van der Waals surface area contributed by atoms with E-state index in [1.165, 1.54) is 38.8 Å². The average molecular weight is 189 g/mol. The Labute approximate surface area is 77.8 Å². The third-order valence-electron chi connectivity index (χ3n) is 2.39. The zero-order chi connectivity index (χ0) is 8.81. The largest absolute Gasteiger partial charge is 0.302 e. The molecule has 1 rings (SSSR count). The van der Waals surface area contributed by atoms with Crippen molar-refractivity contribution in [3.63, 3.8) is 0 Å². The summed E-state index contributed by atoms with van der Waals surface area (Å²) in [5.41, 5.74) is 0. The molecule has 0 amide bonds. The molecule has 12 heavy (non-hydrogen) atoms. The molecular weight excluding hydrogens is 170 g/mol. The lowest BCUT2D eigenvalue weighted by Gasteiger charge is -2.18. The lowest BCUT2D eigenvalue weighted by atomic mass is 10.2. The summed E-state index contributed by atoms with van der Waals surface area (Å²) in [6.07, 6.45) is 7.21. The third-order valence-corrected chi connectivity index (χ3v) is 3.15. The molecule has 1 aliphatic rings. The molecule has 1 fully saturated rings. The first-order valence-corrected chi connectivity index (χ1v) is 6.54. The van der Waals surface area contributed by atoms with Gasteiger partial charge in [-0.15, -0.1) is 0 Å². The molecule has 1 aliphatic heterocycles. The Kier molecular flexibility index (Phi) is 4.84. The van der Waals surface area contributed by atoms with Gasteiger partial charge in [-0.25, -0.2) is 0 Å². The minimum atomic E-state index is -0.615. The summed E-state index contributed by atoms with van der Waals surface area (Å²) in [6.45, 7) is 3.47. The molecule has 1 saturated heterocycles. The fourth-order valence-corrected chi connectivity index (χ4v) is 2.13. The average Bonchev–Trinajstić information content (AvgIpc) is 2.28. The van der Waals surface area contributed by atoms with E-state index in [2.05, 4.69) is 4.90 Å². The van der Waals surface area contributed by atoms with E-state index in [4.69, 9.17) is 0 Å². The van der Waals surface area contributed by atoms with Gasteiger partial charge in [-0.05, 0) is 25.9 Å². The van der Waals surface area contributed by atoms with E-state index in [1.54, 1.807) is 6.26 Å². The molecule has 1 unspecified atom stereocenters. The van der Waals surface area contributed by atoms with Gasteiger partial charge in [-0.3, -0.25) is 4.21 Å². The third kappa shape index (κ3) is 4.21. The Balaban J connectivity index is 2.16. The molecule has 0 aromatic carbocycles. The van der Waals surface area contributed by atoms with Crippen molar-refractivity contribution in [2.24, 2.45) is 0 Å². The smallest absolute Gasteiger partial charge is 0.0359 e. The molecule has 0 aromatic heterocycles. The molecule has 0 saturated carbocycles. The maximum absolute atomic E-state index is 10.9. The Hall–Kier alpha value is 0.110. The maximum atomic E-state index is 10.9. The first-order valence-electron chi connectivity index (χ1n) is 4.81. The molecule has 0 radical (unpaired) electrons.